The Bertz CT molecular complexity index is 722. The van der Waals surface area contributed by atoms with Gasteiger partial charge in [0.05, 0.1) is 0 Å². The number of hydrogen-bond acceptors (Lipinski definition) is 5. The molecule has 114 valence electrons. The fourth-order valence-corrected chi connectivity index (χ4v) is 3.26. The van der Waals surface area contributed by atoms with E-state index in [1.165, 1.54) is 13.1 Å². The quantitative estimate of drug-likeness (QED) is 0.893. The lowest BCUT2D eigenvalue weighted by molar-refractivity contribution is 0.435. The highest BCUT2D eigenvalue weighted by Crippen LogP contribution is 2.23. The Kier molecular flexibility index (Phi) is 4.55. The van der Waals surface area contributed by atoms with Gasteiger partial charge in [0.1, 0.15) is 10.7 Å². The molecule has 0 spiro atoms. The average molecular weight is 334 g/mol. The second-order valence-electron chi connectivity index (χ2n) is 4.53. The number of tetrazole rings is 1. The summed E-state index contributed by atoms with van der Waals surface area (Å²) in [7, 11) is -2.60. The molecule has 10 heteroatoms. The molecule has 7 nitrogen and oxygen atoms in total. The first-order valence-electron chi connectivity index (χ1n) is 5.97. The summed E-state index contributed by atoms with van der Waals surface area (Å²) in [5.74, 6) is -0.797. The number of halogens is 2. The van der Waals surface area contributed by atoms with Crippen molar-refractivity contribution in [3.05, 3.63) is 34.9 Å². The Morgan fingerprint density at radius 3 is 2.76 bits per heavy atom. The zero-order chi connectivity index (χ0) is 15.6. The van der Waals surface area contributed by atoms with E-state index in [4.69, 9.17) is 11.6 Å². The SMILES string of the molecule is C[C@@H](CN(C)S(=O)(=O)c1ccc(Cl)cc1F)c1nn[nH]n1. The number of aromatic nitrogens is 4. The van der Waals surface area contributed by atoms with Crippen LogP contribution in [0.4, 0.5) is 4.39 Å². The lowest BCUT2D eigenvalue weighted by atomic mass is 10.2. The van der Waals surface area contributed by atoms with Gasteiger partial charge in [-0.25, -0.2) is 17.1 Å². The second kappa shape index (κ2) is 6.04. The van der Waals surface area contributed by atoms with Gasteiger partial charge in [0, 0.05) is 24.5 Å². The monoisotopic (exact) mass is 333 g/mol. The fraction of sp³-hybridized carbons (Fsp3) is 0.364. The van der Waals surface area contributed by atoms with E-state index in [1.54, 1.807) is 6.92 Å². The molecule has 0 saturated heterocycles. The molecule has 2 aromatic rings. The molecule has 1 N–H and O–H groups in total. The van der Waals surface area contributed by atoms with Crippen molar-refractivity contribution in [2.45, 2.75) is 17.7 Å². The van der Waals surface area contributed by atoms with E-state index >= 15 is 0 Å². The third kappa shape index (κ3) is 3.36. The summed E-state index contributed by atoms with van der Waals surface area (Å²) in [6.45, 7) is 1.83. The molecule has 0 aliphatic heterocycles. The molecule has 2 rings (SSSR count). The Hall–Kier alpha value is -1.58. The minimum atomic E-state index is -3.96. The zero-order valence-corrected chi connectivity index (χ0v) is 12.9. The van der Waals surface area contributed by atoms with Crippen LogP contribution in [-0.2, 0) is 10.0 Å². The van der Waals surface area contributed by atoms with Crippen LogP contribution in [0.2, 0.25) is 5.02 Å². The number of benzene rings is 1. The van der Waals surface area contributed by atoms with Crippen molar-refractivity contribution in [3.63, 3.8) is 0 Å². The maximum atomic E-state index is 13.8. The third-order valence-corrected chi connectivity index (χ3v) is 5.01. The molecule has 21 heavy (non-hydrogen) atoms. The molecule has 1 heterocycles. The molecule has 0 bridgehead atoms. The number of nitrogens with one attached hydrogen (secondary N) is 1. The van der Waals surface area contributed by atoms with Crippen LogP contribution >= 0.6 is 11.6 Å². The van der Waals surface area contributed by atoms with Crippen LogP contribution in [0.25, 0.3) is 0 Å². The molecule has 1 atom stereocenters. The van der Waals surface area contributed by atoms with Gasteiger partial charge in [0.15, 0.2) is 5.82 Å². The zero-order valence-electron chi connectivity index (χ0n) is 11.3. The molecule has 1 aromatic carbocycles. The van der Waals surface area contributed by atoms with Crippen LogP contribution in [0.3, 0.4) is 0 Å². The highest BCUT2D eigenvalue weighted by Gasteiger charge is 2.27. The molecule has 0 aliphatic rings. The summed E-state index contributed by atoms with van der Waals surface area (Å²) in [4.78, 5) is -0.422. The molecule has 0 radical (unpaired) electrons. The predicted octanol–water partition coefficient (Wildman–Crippen LogP) is 1.42. The minimum absolute atomic E-state index is 0.0872. The van der Waals surface area contributed by atoms with E-state index in [9.17, 15) is 12.8 Å². The Balaban J connectivity index is 2.22. The predicted molar refractivity (Wildman–Crippen MR) is 73.8 cm³/mol. The minimum Gasteiger partial charge on any atom is -0.207 e. The molecule has 0 amide bonds. The third-order valence-electron chi connectivity index (χ3n) is 2.92. The first kappa shape index (κ1) is 15.8. The first-order chi connectivity index (χ1) is 9.82. The van der Waals surface area contributed by atoms with Gasteiger partial charge < -0.3 is 0 Å². The number of likely N-dealkylation sites (N-methyl/N-ethyl adjacent to an activating group) is 1. The van der Waals surface area contributed by atoms with Gasteiger partial charge in [0.2, 0.25) is 10.0 Å². The number of hydrogen-bond donors (Lipinski definition) is 1. The molecular weight excluding hydrogens is 321 g/mol. The van der Waals surface area contributed by atoms with E-state index in [-0.39, 0.29) is 17.5 Å². The summed E-state index contributed by atoms with van der Waals surface area (Å²) < 4.78 is 39.5. The lowest BCUT2D eigenvalue weighted by Crippen LogP contribution is -2.31. The fourth-order valence-electron chi connectivity index (χ4n) is 1.80. The van der Waals surface area contributed by atoms with Gasteiger partial charge in [-0.15, -0.1) is 10.2 Å². The molecule has 1 aromatic heterocycles. The van der Waals surface area contributed by atoms with Crippen LogP contribution in [0.15, 0.2) is 23.1 Å². The van der Waals surface area contributed by atoms with Crippen molar-refractivity contribution in [2.24, 2.45) is 0 Å². The summed E-state index contributed by atoms with van der Waals surface area (Å²) >= 11 is 5.62. The number of aromatic amines is 1. The van der Waals surface area contributed by atoms with E-state index < -0.39 is 20.7 Å². The molecular formula is C11H13ClFN5O2S. The van der Waals surface area contributed by atoms with Crippen LogP contribution in [-0.4, -0.2) is 46.9 Å². The Labute approximate surface area is 126 Å². The van der Waals surface area contributed by atoms with Crippen LogP contribution in [0, 0.1) is 5.82 Å². The number of rotatable bonds is 5. The van der Waals surface area contributed by atoms with E-state index in [1.807, 2.05) is 0 Å². The normalized spacial score (nSPS) is 13.6. The standard InChI is InChI=1S/C11H13ClFN5O2S/c1-7(11-14-16-17-15-11)6-18(2)21(19,20)10-4-3-8(12)5-9(10)13/h3-5,7H,6H2,1-2H3,(H,14,15,16,17)/t7-/m0/s1. The average Bonchev–Trinajstić information content (AvgIpc) is 2.91. The number of sulfonamides is 1. The highest BCUT2D eigenvalue weighted by molar-refractivity contribution is 7.89. The molecule has 0 aliphatic carbocycles. The topological polar surface area (TPSA) is 91.8 Å². The van der Waals surface area contributed by atoms with Crippen LogP contribution in [0.5, 0.6) is 0 Å². The van der Waals surface area contributed by atoms with Gasteiger partial charge in [-0.2, -0.15) is 5.21 Å². The van der Waals surface area contributed by atoms with Gasteiger partial charge in [-0.3, -0.25) is 0 Å². The van der Waals surface area contributed by atoms with Gasteiger partial charge in [0.25, 0.3) is 0 Å². The number of H-pyrrole nitrogens is 1. The van der Waals surface area contributed by atoms with Gasteiger partial charge >= 0.3 is 0 Å². The van der Waals surface area contributed by atoms with Crippen LogP contribution in [0.1, 0.15) is 18.7 Å². The lowest BCUT2D eigenvalue weighted by Gasteiger charge is -2.20. The van der Waals surface area contributed by atoms with Gasteiger partial charge in [-0.05, 0) is 18.2 Å². The maximum Gasteiger partial charge on any atom is 0.245 e. The summed E-state index contributed by atoms with van der Waals surface area (Å²) in [5.41, 5.74) is 0. The first-order valence-corrected chi connectivity index (χ1v) is 7.79. The van der Waals surface area contributed by atoms with Crippen LogP contribution < -0.4 is 0 Å². The van der Waals surface area contributed by atoms with E-state index in [0.29, 0.717) is 5.82 Å². The summed E-state index contributed by atoms with van der Waals surface area (Å²) in [6, 6.07) is 3.43. The van der Waals surface area contributed by atoms with E-state index in [2.05, 4.69) is 20.6 Å². The molecule has 0 fully saturated rings. The Morgan fingerprint density at radius 1 is 1.48 bits per heavy atom. The van der Waals surface area contributed by atoms with E-state index in [0.717, 1.165) is 16.4 Å². The largest absolute Gasteiger partial charge is 0.245 e. The smallest absolute Gasteiger partial charge is 0.207 e. The van der Waals surface area contributed by atoms with Crippen molar-refractivity contribution < 1.29 is 12.8 Å². The van der Waals surface area contributed by atoms with Gasteiger partial charge in [-0.1, -0.05) is 23.7 Å². The summed E-state index contributed by atoms with van der Waals surface area (Å²) in [6.07, 6.45) is 0. The highest BCUT2D eigenvalue weighted by atomic mass is 35.5. The number of nitrogens with zero attached hydrogens (tertiary/aromatic N) is 4. The maximum absolute atomic E-state index is 13.8. The van der Waals surface area contributed by atoms with Crippen molar-refractivity contribution in [1.29, 1.82) is 0 Å². The summed E-state index contributed by atoms with van der Waals surface area (Å²) in [5, 5.41) is 13.4. The molecule has 0 saturated carbocycles. The van der Waals surface area contributed by atoms with Crippen molar-refractivity contribution in [2.75, 3.05) is 13.6 Å². The molecule has 0 unspecified atom stereocenters. The van der Waals surface area contributed by atoms with Crippen molar-refractivity contribution in [1.82, 2.24) is 24.9 Å². The van der Waals surface area contributed by atoms with Crippen molar-refractivity contribution >= 4 is 21.6 Å². The Morgan fingerprint density at radius 2 is 2.19 bits per heavy atom. The van der Waals surface area contributed by atoms with Crippen molar-refractivity contribution in [3.8, 4) is 0 Å². The second-order valence-corrected chi connectivity index (χ2v) is 6.98.